The third kappa shape index (κ3) is 3.48. The van der Waals surface area contributed by atoms with Crippen LogP contribution in [0.3, 0.4) is 0 Å². The standard InChI is InChI=1S/C13H17ClN2O2S/c1-2-15-12-4-3-10(14)9-11(12)13(17)16-5-7-19(18)8-6-16/h3-4,9,15H,2,5-8H2,1H3. The molecule has 1 aromatic rings. The number of hydrogen-bond acceptors (Lipinski definition) is 3. The number of halogens is 1. The van der Waals surface area contributed by atoms with Crippen molar-refractivity contribution in [2.24, 2.45) is 0 Å². The topological polar surface area (TPSA) is 49.4 Å². The number of nitrogens with zero attached hydrogens (tertiary/aromatic N) is 1. The summed E-state index contributed by atoms with van der Waals surface area (Å²) in [7, 11) is -0.783. The van der Waals surface area contributed by atoms with E-state index in [-0.39, 0.29) is 5.91 Å². The van der Waals surface area contributed by atoms with Gasteiger partial charge in [0, 0.05) is 52.6 Å². The van der Waals surface area contributed by atoms with Gasteiger partial charge < -0.3 is 10.2 Å². The van der Waals surface area contributed by atoms with Crippen molar-refractivity contribution in [1.82, 2.24) is 4.90 Å². The first kappa shape index (κ1) is 14.3. The largest absolute Gasteiger partial charge is 0.385 e. The normalized spacial score (nSPS) is 16.4. The van der Waals surface area contributed by atoms with Crippen molar-refractivity contribution in [3.05, 3.63) is 28.8 Å². The van der Waals surface area contributed by atoms with E-state index in [9.17, 15) is 9.00 Å². The quantitative estimate of drug-likeness (QED) is 0.928. The molecule has 2 rings (SSSR count). The summed E-state index contributed by atoms with van der Waals surface area (Å²) in [4.78, 5) is 14.2. The van der Waals surface area contributed by atoms with E-state index in [4.69, 9.17) is 11.6 Å². The van der Waals surface area contributed by atoms with E-state index in [0.717, 1.165) is 12.2 Å². The Bertz CT molecular complexity index is 497. The first-order chi connectivity index (χ1) is 9.11. The zero-order chi connectivity index (χ0) is 13.8. The highest BCUT2D eigenvalue weighted by molar-refractivity contribution is 7.85. The number of hydrogen-bond donors (Lipinski definition) is 1. The Morgan fingerprint density at radius 1 is 1.42 bits per heavy atom. The molecule has 0 saturated carbocycles. The van der Waals surface area contributed by atoms with E-state index in [0.29, 0.717) is 35.2 Å². The van der Waals surface area contributed by atoms with Crippen molar-refractivity contribution in [2.45, 2.75) is 6.92 Å². The molecule has 6 heteroatoms. The highest BCUT2D eigenvalue weighted by Crippen LogP contribution is 2.22. The van der Waals surface area contributed by atoms with Crippen molar-refractivity contribution in [3.8, 4) is 0 Å². The number of rotatable bonds is 3. The molecular weight excluding hydrogens is 284 g/mol. The van der Waals surface area contributed by atoms with Crippen molar-refractivity contribution < 1.29 is 9.00 Å². The third-order valence-corrected chi connectivity index (χ3v) is 4.56. The van der Waals surface area contributed by atoms with Crippen molar-refractivity contribution >= 4 is 34.0 Å². The Morgan fingerprint density at radius 2 is 2.11 bits per heavy atom. The van der Waals surface area contributed by atoms with Crippen LogP contribution in [0.25, 0.3) is 0 Å². The molecule has 0 bridgehead atoms. The molecule has 0 atom stereocenters. The Morgan fingerprint density at radius 3 is 2.74 bits per heavy atom. The highest BCUT2D eigenvalue weighted by Gasteiger charge is 2.23. The molecule has 104 valence electrons. The molecule has 0 unspecified atom stereocenters. The fraction of sp³-hybridized carbons (Fsp3) is 0.462. The molecule has 19 heavy (non-hydrogen) atoms. The number of amides is 1. The lowest BCUT2D eigenvalue weighted by molar-refractivity contribution is 0.0772. The molecule has 0 aromatic heterocycles. The highest BCUT2D eigenvalue weighted by atomic mass is 35.5. The Kier molecular flexibility index (Phi) is 4.82. The zero-order valence-corrected chi connectivity index (χ0v) is 12.4. The van der Waals surface area contributed by atoms with Gasteiger partial charge in [0.2, 0.25) is 0 Å². The van der Waals surface area contributed by atoms with Gasteiger partial charge in [-0.2, -0.15) is 0 Å². The van der Waals surface area contributed by atoms with Crippen LogP contribution in [0.5, 0.6) is 0 Å². The molecule has 1 amide bonds. The average molecular weight is 301 g/mol. The molecule has 1 aliphatic rings. The van der Waals surface area contributed by atoms with E-state index in [1.54, 1.807) is 17.0 Å². The van der Waals surface area contributed by atoms with Crippen LogP contribution in [0, 0.1) is 0 Å². The fourth-order valence-corrected chi connectivity index (χ4v) is 3.27. The summed E-state index contributed by atoms with van der Waals surface area (Å²) in [6.07, 6.45) is 0. The molecule has 1 heterocycles. The number of carbonyl (C=O) groups excluding carboxylic acids is 1. The minimum atomic E-state index is -0.783. The second-order valence-electron chi connectivity index (χ2n) is 4.36. The number of nitrogens with one attached hydrogen (secondary N) is 1. The van der Waals surface area contributed by atoms with Crippen LogP contribution in [0.4, 0.5) is 5.69 Å². The first-order valence-corrected chi connectivity index (χ1v) is 8.16. The van der Waals surface area contributed by atoms with Crippen LogP contribution in [0.2, 0.25) is 5.02 Å². The average Bonchev–Trinajstić information content (AvgIpc) is 2.41. The lowest BCUT2D eigenvalue weighted by atomic mass is 10.1. The van der Waals surface area contributed by atoms with E-state index in [1.807, 2.05) is 13.0 Å². The summed E-state index contributed by atoms with van der Waals surface area (Å²) in [5, 5.41) is 3.71. The lowest BCUT2D eigenvalue weighted by Crippen LogP contribution is -2.42. The van der Waals surface area contributed by atoms with Crippen LogP contribution in [0.1, 0.15) is 17.3 Å². The van der Waals surface area contributed by atoms with Gasteiger partial charge in [0.15, 0.2) is 0 Å². The Balaban J connectivity index is 2.22. The SMILES string of the molecule is CCNc1ccc(Cl)cc1C(=O)N1CCS(=O)CC1. The molecule has 0 aliphatic carbocycles. The lowest BCUT2D eigenvalue weighted by Gasteiger charge is -2.27. The molecular formula is C13H17ClN2O2S. The van der Waals surface area contributed by atoms with E-state index >= 15 is 0 Å². The summed E-state index contributed by atoms with van der Waals surface area (Å²) in [5.41, 5.74) is 1.38. The maximum atomic E-state index is 12.5. The Hall–Kier alpha value is -1.07. The minimum Gasteiger partial charge on any atom is -0.385 e. The van der Waals surface area contributed by atoms with Gasteiger partial charge in [0.05, 0.1) is 5.56 Å². The zero-order valence-electron chi connectivity index (χ0n) is 10.8. The molecule has 1 aliphatic heterocycles. The van der Waals surface area contributed by atoms with Gasteiger partial charge in [-0.05, 0) is 25.1 Å². The van der Waals surface area contributed by atoms with E-state index in [1.165, 1.54) is 0 Å². The van der Waals surface area contributed by atoms with Gasteiger partial charge in [-0.1, -0.05) is 11.6 Å². The van der Waals surface area contributed by atoms with Gasteiger partial charge >= 0.3 is 0 Å². The van der Waals surface area contributed by atoms with Crippen LogP contribution in [-0.2, 0) is 10.8 Å². The van der Waals surface area contributed by atoms with Gasteiger partial charge in [0.25, 0.3) is 5.91 Å². The van der Waals surface area contributed by atoms with Gasteiger partial charge in [-0.15, -0.1) is 0 Å². The van der Waals surface area contributed by atoms with Crippen LogP contribution < -0.4 is 5.32 Å². The summed E-state index contributed by atoms with van der Waals surface area (Å²) in [6, 6.07) is 5.27. The van der Waals surface area contributed by atoms with Crippen molar-refractivity contribution in [3.63, 3.8) is 0 Å². The van der Waals surface area contributed by atoms with Crippen molar-refractivity contribution in [1.29, 1.82) is 0 Å². The van der Waals surface area contributed by atoms with Crippen molar-refractivity contribution in [2.75, 3.05) is 36.5 Å². The van der Waals surface area contributed by atoms with Gasteiger partial charge in [0.1, 0.15) is 0 Å². The predicted octanol–water partition coefficient (Wildman–Crippen LogP) is 1.98. The maximum Gasteiger partial charge on any atom is 0.256 e. The summed E-state index contributed by atoms with van der Waals surface area (Å²) in [6.45, 7) is 3.81. The second kappa shape index (κ2) is 6.39. The number of benzene rings is 1. The second-order valence-corrected chi connectivity index (χ2v) is 6.49. The molecule has 4 nitrogen and oxygen atoms in total. The third-order valence-electron chi connectivity index (χ3n) is 3.04. The summed E-state index contributed by atoms with van der Waals surface area (Å²) < 4.78 is 11.3. The monoisotopic (exact) mass is 300 g/mol. The molecule has 0 spiro atoms. The summed E-state index contributed by atoms with van der Waals surface area (Å²) in [5.74, 6) is 1.07. The number of anilines is 1. The molecule has 1 saturated heterocycles. The smallest absolute Gasteiger partial charge is 0.256 e. The van der Waals surface area contributed by atoms with Crippen LogP contribution in [0.15, 0.2) is 18.2 Å². The molecule has 1 aromatic carbocycles. The molecule has 1 fully saturated rings. The fourth-order valence-electron chi connectivity index (χ4n) is 2.05. The van der Waals surface area contributed by atoms with Gasteiger partial charge in [-0.3, -0.25) is 9.00 Å². The maximum absolute atomic E-state index is 12.5. The van der Waals surface area contributed by atoms with E-state index in [2.05, 4.69) is 5.32 Å². The van der Waals surface area contributed by atoms with Gasteiger partial charge in [-0.25, -0.2) is 0 Å². The summed E-state index contributed by atoms with van der Waals surface area (Å²) >= 11 is 5.98. The minimum absolute atomic E-state index is 0.0462. The molecule has 0 radical (unpaired) electrons. The van der Waals surface area contributed by atoms with Crippen LogP contribution in [-0.4, -0.2) is 46.2 Å². The Labute approximate surface area is 120 Å². The number of carbonyl (C=O) groups is 1. The van der Waals surface area contributed by atoms with Crippen LogP contribution >= 0.6 is 11.6 Å². The molecule has 1 N–H and O–H groups in total. The predicted molar refractivity (Wildman–Crippen MR) is 79.4 cm³/mol. The van der Waals surface area contributed by atoms with E-state index < -0.39 is 10.8 Å². The first-order valence-electron chi connectivity index (χ1n) is 6.29.